The third-order valence-electron chi connectivity index (χ3n) is 7.30. The van der Waals surface area contributed by atoms with E-state index in [9.17, 15) is 0 Å². The van der Waals surface area contributed by atoms with Crippen molar-refractivity contribution in [2.75, 3.05) is 0 Å². The Morgan fingerprint density at radius 2 is 1.15 bits per heavy atom. The molecule has 0 atom stereocenters. The second kappa shape index (κ2) is 8.83. The summed E-state index contributed by atoms with van der Waals surface area (Å²) in [6, 6.07) is 44.5. The fourth-order valence-electron chi connectivity index (χ4n) is 5.31. The first-order valence-electron chi connectivity index (χ1n) is 13.0. The maximum absolute atomic E-state index is 5.17. The predicted molar refractivity (Wildman–Crippen MR) is 164 cm³/mol. The van der Waals surface area contributed by atoms with Crippen LogP contribution in [0, 0.1) is 0 Å². The Kier molecular flexibility index (Phi) is 5.00. The van der Waals surface area contributed by atoms with Gasteiger partial charge in [-0.2, -0.15) is 0 Å². The summed E-state index contributed by atoms with van der Waals surface area (Å²) in [7, 11) is 0. The summed E-state index contributed by atoms with van der Waals surface area (Å²) in [5.41, 5.74) is 6.12. The second-order valence-electron chi connectivity index (χ2n) is 9.70. The van der Waals surface area contributed by atoms with Crippen molar-refractivity contribution in [3.8, 4) is 33.2 Å². The Bertz CT molecular complexity index is 2140. The third-order valence-corrected chi connectivity index (χ3v) is 8.38. The van der Waals surface area contributed by atoms with E-state index in [0.717, 1.165) is 55.0 Å². The topological polar surface area (TPSA) is 38.7 Å². The highest BCUT2D eigenvalue weighted by atomic mass is 32.1. The molecule has 0 spiro atoms. The van der Waals surface area contributed by atoms with Crippen LogP contribution in [0.3, 0.4) is 0 Å². The van der Waals surface area contributed by atoms with Crippen LogP contribution in [0.2, 0.25) is 0 Å². The molecule has 8 aromatic rings. The van der Waals surface area contributed by atoms with E-state index in [2.05, 4.69) is 121 Å². The summed E-state index contributed by atoms with van der Waals surface area (Å²) in [6.07, 6.45) is 0. The van der Waals surface area contributed by atoms with Crippen LogP contribution in [0.15, 0.2) is 127 Å². The summed E-state index contributed by atoms with van der Waals surface area (Å²) in [6.45, 7) is 0. The number of aromatic nitrogens is 3. The van der Waals surface area contributed by atoms with E-state index in [1.165, 1.54) is 20.9 Å². The third kappa shape index (κ3) is 3.77. The zero-order valence-electron chi connectivity index (χ0n) is 20.9. The molecular weight excluding hydrogens is 494 g/mol. The summed E-state index contributed by atoms with van der Waals surface area (Å²) in [4.78, 5) is 15.1. The van der Waals surface area contributed by atoms with Crippen LogP contribution in [0.1, 0.15) is 0 Å². The van der Waals surface area contributed by atoms with Crippen molar-refractivity contribution in [1.82, 2.24) is 15.0 Å². The van der Waals surface area contributed by atoms with E-state index >= 15 is 0 Å². The molecule has 0 radical (unpaired) electrons. The number of fused-ring (bicyclic) bond motifs is 5. The van der Waals surface area contributed by atoms with Crippen LogP contribution in [-0.4, -0.2) is 15.0 Å². The lowest BCUT2D eigenvalue weighted by Gasteiger charge is -2.12. The number of para-hydroxylation sites is 1. The van der Waals surface area contributed by atoms with Gasteiger partial charge in [0.25, 0.3) is 0 Å². The lowest BCUT2D eigenvalue weighted by molar-refractivity contribution is 1.23. The highest BCUT2D eigenvalue weighted by Gasteiger charge is 2.15. The van der Waals surface area contributed by atoms with Gasteiger partial charge in [-0.25, -0.2) is 15.0 Å². The molecule has 4 heteroatoms. The van der Waals surface area contributed by atoms with Gasteiger partial charge in [-0.3, -0.25) is 0 Å². The van der Waals surface area contributed by atoms with Crippen molar-refractivity contribution < 1.29 is 0 Å². The smallest absolute Gasteiger partial charge is 0.160 e. The van der Waals surface area contributed by atoms with Crippen molar-refractivity contribution in [3.63, 3.8) is 0 Å². The van der Waals surface area contributed by atoms with Crippen LogP contribution in [0.4, 0.5) is 0 Å². The number of thiazole rings is 1. The van der Waals surface area contributed by atoms with E-state index in [0.29, 0.717) is 0 Å². The van der Waals surface area contributed by atoms with Gasteiger partial charge in [-0.1, -0.05) is 103 Å². The first kappa shape index (κ1) is 22.1. The molecule has 8 rings (SSSR count). The van der Waals surface area contributed by atoms with E-state index in [-0.39, 0.29) is 0 Å². The Morgan fingerprint density at radius 3 is 2.03 bits per heavy atom. The molecule has 0 bridgehead atoms. The number of nitrogens with zero attached hydrogens (tertiary/aromatic N) is 3. The van der Waals surface area contributed by atoms with Gasteiger partial charge in [0.1, 0.15) is 5.01 Å². The largest absolute Gasteiger partial charge is 0.236 e. The van der Waals surface area contributed by atoms with Gasteiger partial charge in [-0.15, -0.1) is 11.3 Å². The first-order chi connectivity index (χ1) is 19.3. The fraction of sp³-hybridized carbons (Fsp3) is 0. The molecule has 0 saturated heterocycles. The Morgan fingerprint density at radius 1 is 0.462 bits per heavy atom. The minimum atomic E-state index is 0.720. The fourth-order valence-corrected chi connectivity index (χ4v) is 6.28. The maximum atomic E-state index is 5.17. The summed E-state index contributed by atoms with van der Waals surface area (Å²) >= 11 is 1.71. The second-order valence-corrected chi connectivity index (χ2v) is 10.7. The van der Waals surface area contributed by atoms with Gasteiger partial charge in [0.05, 0.1) is 21.4 Å². The van der Waals surface area contributed by atoms with E-state index in [1.807, 2.05) is 6.07 Å². The van der Waals surface area contributed by atoms with Crippen LogP contribution >= 0.6 is 11.3 Å². The molecule has 0 aliphatic heterocycles. The molecule has 0 N–H and O–H groups in total. The monoisotopic (exact) mass is 515 g/mol. The molecule has 0 aliphatic rings. The molecule has 0 amide bonds. The van der Waals surface area contributed by atoms with Crippen LogP contribution in [0.25, 0.3) is 75.9 Å². The van der Waals surface area contributed by atoms with Gasteiger partial charge in [0.15, 0.2) is 5.82 Å². The van der Waals surface area contributed by atoms with Crippen molar-refractivity contribution in [1.29, 1.82) is 0 Å². The van der Waals surface area contributed by atoms with E-state index in [1.54, 1.807) is 11.3 Å². The quantitative estimate of drug-likeness (QED) is 0.220. The summed E-state index contributed by atoms with van der Waals surface area (Å²) in [5, 5.41) is 6.79. The minimum Gasteiger partial charge on any atom is -0.236 e. The number of benzene rings is 6. The maximum Gasteiger partial charge on any atom is 0.160 e. The van der Waals surface area contributed by atoms with Crippen molar-refractivity contribution in [2.45, 2.75) is 0 Å². The molecule has 2 heterocycles. The lowest BCUT2D eigenvalue weighted by Crippen LogP contribution is -1.96. The zero-order valence-corrected chi connectivity index (χ0v) is 21.7. The van der Waals surface area contributed by atoms with Crippen molar-refractivity contribution in [2.24, 2.45) is 0 Å². The SMILES string of the molecule is c1ccc2cc(-c3nc(-c4ccc(-c5nc6ccccc6s5)cc4)nc4c3ccc3ccccc34)ccc2c1. The Balaban J connectivity index is 1.32. The van der Waals surface area contributed by atoms with Crippen molar-refractivity contribution >= 4 is 54.0 Å². The highest BCUT2D eigenvalue weighted by molar-refractivity contribution is 7.21. The minimum absolute atomic E-state index is 0.720. The molecular formula is C35H21N3S. The predicted octanol–water partition coefficient (Wildman–Crippen LogP) is 9.55. The van der Waals surface area contributed by atoms with Gasteiger partial charge in [-0.05, 0) is 40.4 Å². The number of hydrogen-bond acceptors (Lipinski definition) is 4. The van der Waals surface area contributed by atoms with Gasteiger partial charge < -0.3 is 0 Å². The molecule has 182 valence electrons. The van der Waals surface area contributed by atoms with E-state index in [4.69, 9.17) is 15.0 Å². The van der Waals surface area contributed by atoms with Crippen LogP contribution in [-0.2, 0) is 0 Å². The molecule has 0 unspecified atom stereocenters. The molecule has 39 heavy (non-hydrogen) atoms. The Labute approximate surface area is 229 Å². The van der Waals surface area contributed by atoms with E-state index < -0.39 is 0 Å². The lowest BCUT2D eigenvalue weighted by atomic mass is 9.99. The average Bonchev–Trinajstić information content (AvgIpc) is 3.45. The van der Waals surface area contributed by atoms with Crippen molar-refractivity contribution in [3.05, 3.63) is 127 Å². The number of hydrogen-bond donors (Lipinski definition) is 0. The highest BCUT2D eigenvalue weighted by Crippen LogP contribution is 2.35. The number of rotatable bonds is 3. The normalized spacial score (nSPS) is 11.6. The molecule has 2 aromatic heterocycles. The summed E-state index contributed by atoms with van der Waals surface area (Å²) < 4.78 is 1.20. The molecule has 0 saturated carbocycles. The molecule has 0 fully saturated rings. The molecule has 3 nitrogen and oxygen atoms in total. The standard InChI is InChI=1S/C35H21N3S/c1-2-9-26-21-27(18-13-22(26)7-1)32-29-20-19-23-8-3-4-10-28(23)33(29)38-34(37-32)24-14-16-25(17-15-24)35-36-30-11-5-6-12-31(30)39-35/h1-21H. The molecule has 6 aromatic carbocycles. The van der Waals surface area contributed by atoms with Gasteiger partial charge in [0.2, 0.25) is 0 Å². The zero-order chi connectivity index (χ0) is 25.8. The van der Waals surface area contributed by atoms with Gasteiger partial charge in [0, 0.05) is 27.5 Å². The van der Waals surface area contributed by atoms with Crippen LogP contribution < -0.4 is 0 Å². The van der Waals surface area contributed by atoms with Crippen LogP contribution in [0.5, 0.6) is 0 Å². The first-order valence-corrected chi connectivity index (χ1v) is 13.8. The van der Waals surface area contributed by atoms with Gasteiger partial charge >= 0.3 is 0 Å². The summed E-state index contributed by atoms with van der Waals surface area (Å²) in [5.74, 6) is 0.720. The molecule has 0 aliphatic carbocycles. The average molecular weight is 516 g/mol. The Hall–Kier alpha value is -4.93.